The Bertz CT molecular complexity index is 716. The Hall–Kier alpha value is -2.53. The summed E-state index contributed by atoms with van der Waals surface area (Å²) in [5.74, 6) is 1.28. The van der Waals surface area contributed by atoms with Crippen molar-refractivity contribution in [3.63, 3.8) is 0 Å². The van der Waals surface area contributed by atoms with Crippen molar-refractivity contribution < 1.29 is 14.3 Å². The molecule has 1 amide bonds. The molecule has 0 saturated heterocycles. The maximum atomic E-state index is 12.8. The number of fused-ring (bicyclic) bond motifs is 1. The minimum atomic E-state index is -1.08. The van der Waals surface area contributed by atoms with Crippen molar-refractivity contribution in [3.05, 3.63) is 60.2 Å². The predicted molar refractivity (Wildman–Crippen MR) is 92.0 cm³/mol. The number of hydrogen-bond acceptors (Lipinski definition) is 4. The van der Waals surface area contributed by atoms with Gasteiger partial charge in [-0.05, 0) is 24.6 Å². The van der Waals surface area contributed by atoms with Crippen LogP contribution in [0.1, 0.15) is 12.5 Å². The molecule has 0 fully saturated rings. The fourth-order valence-corrected chi connectivity index (χ4v) is 2.85. The fraction of sp³-hybridized carbons (Fsp3) is 0.316. The van der Waals surface area contributed by atoms with Crippen LogP contribution in [0.3, 0.4) is 0 Å². The van der Waals surface area contributed by atoms with E-state index in [1.807, 2.05) is 54.6 Å². The first-order chi connectivity index (χ1) is 11.5. The van der Waals surface area contributed by atoms with E-state index in [1.165, 1.54) is 0 Å². The highest BCUT2D eigenvalue weighted by molar-refractivity contribution is 5.86. The third-order valence-corrected chi connectivity index (χ3v) is 4.21. The summed E-state index contributed by atoms with van der Waals surface area (Å²) in [4.78, 5) is 14.4. The van der Waals surface area contributed by atoms with Gasteiger partial charge in [-0.3, -0.25) is 4.79 Å². The van der Waals surface area contributed by atoms with E-state index in [4.69, 9.17) is 15.2 Å². The Morgan fingerprint density at radius 1 is 1.17 bits per heavy atom. The van der Waals surface area contributed by atoms with Crippen LogP contribution in [-0.2, 0) is 10.3 Å². The number of para-hydroxylation sites is 2. The number of nitrogens with zero attached hydrogens (tertiary/aromatic N) is 1. The number of hydrogen-bond donors (Lipinski definition) is 1. The van der Waals surface area contributed by atoms with Crippen molar-refractivity contribution in [2.75, 3.05) is 20.2 Å². The molecular formula is C19H22N2O3. The zero-order valence-electron chi connectivity index (χ0n) is 13.9. The number of amides is 1. The molecule has 2 unspecified atom stereocenters. The summed E-state index contributed by atoms with van der Waals surface area (Å²) in [5.41, 5.74) is 6.01. The second kappa shape index (κ2) is 6.53. The standard InChI is InChI=1S/C19H22N2O3/c1-19(20,14-8-4-3-5-9-14)18(22)21(2)12-15-13-23-16-10-6-7-11-17(16)24-15/h3-11,15H,12-13,20H2,1-2H3. The third kappa shape index (κ3) is 3.21. The molecule has 1 aliphatic heterocycles. The Morgan fingerprint density at radius 3 is 2.50 bits per heavy atom. The van der Waals surface area contributed by atoms with Crippen molar-refractivity contribution in [1.29, 1.82) is 0 Å². The number of carbonyl (C=O) groups excluding carboxylic acids is 1. The van der Waals surface area contributed by atoms with E-state index in [0.717, 1.165) is 11.3 Å². The normalized spacial score (nSPS) is 18.5. The predicted octanol–water partition coefficient (Wildman–Crippen LogP) is 2.16. The summed E-state index contributed by atoms with van der Waals surface area (Å²) in [5, 5.41) is 0. The van der Waals surface area contributed by atoms with Crippen LogP contribution < -0.4 is 15.2 Å². The Kier molecular flexibility index (Phi) is 4.44. The molecule has 0 aliphatic carbocycles. The van der Waals surface area contributed by atoms with Gasteiger partial charge in [-0.25, -0.2) is 0 Å². The molecule has 2 aromatic carbocycles. The summed E-state index contributed by atoms with van der Waals surface area (Å²) >= 11 is 0. The van der Waals surface area contributed by atoms with Crippen LogP contribution in [0.15, 0.2) is 54.6 Å². The van der Waals surface area contributed by atoms with Gasteiger partial charge in [0.1, 0.15) is 12.1 Å². The Morgan fingerprint density at radius 2 is 1.79 bits per heavy atom. The molecule has 0 saturated carbocycles. The van der Waals surface area contributed by atoms with E-state index >= 15 is 0 Å². The van der Waals surface area contributed by atoms with Gasteiger partial charge in [0.2, 0.25) is 5.91 Å². The van der Waals surface area contributed by atoms with Crippen molar-refractivity contribution >= 4 is 5.91 Å². The highest BCUT2D eigenvalue weighted by Crippen LogP contribution is 2.31. The third-order valence-electron chi connectivity index (χ3n) is 4.21. The fourth-order valence-electron chi connectivity index (χ4n) is 2.85. The van der Waals surface area contributed by atoms with Crippen LogP contribution in [0, 0.1) is 0 Å². The first-order valence-electron chi connectivity index (χ1n) is 7.97. The van der Waals surface area contributed by atoms with Crippen molar-refractivity contribution in [1.82, 2.24) is 4.90 Å². The number of rotatable bonds is 4. The van der Waals surface area contributed by atoms with Crippen LogP contribution in [0.25, 0.3) is 0 Å². The summed E-state index contributed by atoms with van der Waals surface area (Å²) in [7, 11) is 1.74. The lowest BCUT2D eigenvalue weighted by molar-refractivity contribution is -0.136. The highest BCUT2D eigenvalue weighted by atomic mass is 16.6. The highest BCUT2D eigenvalue weighted by Gasteiger charge is 2.34. The van der Waals surface area contributed by atoms with Gasteiger partial charge in [0, 0.05) is 7.05 Å². The number of nitrogens with two attached hydrogens (primary N) is 1. The van der Waals surface area contributed by atoms with Crippen LogP contribution in [-0.4, -0.2) is 37.1 Å². The van der Waals surface area contributed by atoms with Crippen LogP contribution in [0.4, 0.5) is 0 Å². The molecule has 3 rings (SSSR count). The number of carbonyl (C=O) groups is 1. The first kappa shape index (κ1) is 16.3. The van der Waals surface area contributed by atoms with E-state index in [1.54, 1.807) is 18.9 Å². The first-order valence-corrected chi connectivity index (χ1v) is 7.97. The topological polar surface area (TPSA) is 64.8 Å². The van der Waals surface area contributed by atoms with E-state index in [2.05, 4.69) is 0 Å². The maximum absolute atomic E-state index is 12.8. The summed E-state index contributed by atoms with van der Waals surface area (Å²) in [6.45, 7) is 2.54. The molecule has 0 radical (unpaired) electrons. The van der Waals surface area contributed by atoms with Crippen molar-refractivity contribution in [3.8, 4) is 11.5 Å². The molecule has 2 N–H and O–H groups in total. The molecule has 24 heavy (non-hydrogen) atoms. The number of likely N-dealkylation sites (N-methyl/N-ethyl adjacent to an activating group) is 1. The van der Waals surface area contributed by atoms with Gasteiger partial charge in [0.25, 0.3) is 0 Å². The molecule has 0 aromatic heterocycles. The Balaban J connectivity index is 1.67. The smallest absolute Gasteiger partial charge is 0.246 e. The number of ether oxygens (including phenoxy) is 2. The maximum Gasteiger partial charge on any atom is 0.246 e. The van der Waals surface area contributed by atoms with Gasteiger partial charge in [-0.1, -0.05) is 42.5 Å². The average Bonchev–Trinajstić information content (AvgIpc) is 2.61. The summed E-state index contributed by atoms with van der Waals surface area (Å²) in [6.07, 6.45) is -0.222. The van der Waals surface area contributed by atoms with E-state index in [9.17, 15) is 4.79 Å². The van der Waals surface area contributed by atoms with Gasteiger partial charge < -0.3 is 20.1 Å². The summed E-state index contributed by atoms with van der Waals surface area (Å²) in [6, 6.07) is 16.9. The molecule has 0 spiro atoms. The average molecular weight is 326 g/mol. The minimum absolute atomic E-state index is 0.156. The SMILES string of the molecule is CN(CC1COc2ccccc2O1)C(=O)C(C)(N)c1ccccc1. The van der Waals surface area contributed by atoms with Crippen LogP contribution in [0.5, 0.6) is 11.5 Å². The largest absolute Gasteiger partial charge is 0.486 e. The number of benzene rings is 2. The molecule has 2 atom stereocenters. The van der Waals surface area contributed by atoms with Gasteiger partial charge in [0.15, 0.2) is 17.6 Å². The Labute approximate surface area is 142 Å². The second-order valence-electron chi connectivity index (χ2n) is 6.25. The van der Waals surface area contributed by atoms with Gasteiger partial charge in [0.05, 0.1) is 6.54 Å². The molecule has 0 bridgehead atoms. The monoisotopic (exact) mass is 326 g/mol. The molecule has 1 heterocycles. The lowest BCUT2D eigenvalue weighted by Gasteiger charge is -2.33. The minimum Gasteiger partial charge on any atom is -0.486 e. The van der Waals surface area contributed by atoms with Crippen LogP contribution in [0.2, 0.25) is 0 Å². The van der Waals surface area contributed by atoms with Gasteiger partial charge in [-0.15, -0.1) is 0 Å². The molecule has 5 heteroatoms. The van der Waals surface area contributed by atoms with Crippen molar-refractivity contribution in [2.45, 2.75) is 18.6 Å². The van der Waals surface area contributed by atoms with Crippen molar-refractivity contribution in [2.24, 2.45) is 5.73 Å². The lowest BCUT2D eigenvalue weighted by atomic mass is 9.91. The second-order valence-corrected chi connectivity index (χ2v) is 6.25. The molecule has 2 aromatic rings. The lowest BCUT2D eigenvalue weighted by Crippen LogP contribution is -2.52. The zero-order valence-corrected chi connectivity index (χ0v) is 13.9. The van der Waals surface area contributed by atoms with Crippen LogP contribution >= 0.6 is 0 Å². The molecular weight excluding hydrogens is 304 g/mol. The van der Waals surface area contributed by atoms with E-state index in [0.29, 0.717) is 18.9 Å². The molecule has 126 valence electrons. The van der Waals surface area contributed by atoms with E-state index < -0.39 is 5.54 Å². The van der Waals surface area contributed by atoms with Gasteiger partial charge >= 0.3 is 0 Å². The quantitative estimate of drug-likeness (QED) is 0.935. The van der Waals surface area contributed by atoms with E-state index in [-0.39, 0.29) is 12.0 Å². The summed E-state index contributed by atoms with van der Waals surface area (Å²) < 4.78 is 11.6. The molecule has 1 aliphatic rings. The van der Waals surface area contributed by atoms with Gasteiger partial charge in [-0.2, -0.15) is 0 Å². The zero-order chi connectivity index (χ0) is 17.2. The molecule has 5 nitrogen and oxygen atoms in total.